The predicted octanol–water partition coefficient (Wildman–Crippen LogP) is 3.94. The Morgan fingerprint density at radius 3 is 2.19 bits per heavy atom. The Bertz CT molecular complexity index is 655. The lowest BCUT2D eigenvalue weighted by molar-refractivity contribution is 0.0740. The number of carbonyl (C=O) groups excluding carboxylic acids is 1. The van der Waals surface area contributed by atoms with Crippen LogP contribution in [0.2, 0.25) is 0 Å². The third-order valence-corrected chi connectivity index (χ3v) is 3.40. The van der Waals surface area contributed by atoms with Gasteiger partial charge in [0.05, 0.1) is 6.04 Å². The summed E-state index contributed by atoms with van der Waals surface area (Å²) in [6.45, 7) is 1.60. The summed E-state index contributed by atoms with van der Waals surface area (Å²) in [5.74, 6) is -1.99. The summed E-state index contributed by atoms with van der Waals surface area (Å²) >= 11 is 0. The van der Waals surface area contributed by atoms with E-state index >= 15 is 0 Å². The molecule has 2 rings (SSSR count). The van der Waals surface area contributed by atoms with E-state index in [4.69, 9.17) is 0 Å². The molecule has 0 aliphatic carbocycles. The van der Waals surface area contributed by atoms with E-state index in [1.807, 2.05) is 0 Å². The van der Waals surface area contributed by atoms with Crippen molar-refractivity contribution >= 4 is 5.91 Å². The zero-order valence-electron chi connectivity index (χ0n) is 11.6. The third-order valence-electron chi connectivity index (χ3n) is 3.40. The van der Waals surface area contributed by atoms with Crippen LogP contribution in [0.25, 0.3) is 0 Å². The van der Waals surface area contributed by atoms with E-state index in [0.717, 1.165) is 18.2 Å². The smallest absolute Gasteiger partial charge is 0.254 e. The van der Waals surface area contributed by atoms with Crippen molar-refractivity contribution in [2.75, 3.05) is 7.05 Å². The SMILES string of the molecule is CC(c1cc(F)ccc1F)N(C)C(=O)c1ccc(F)cc1. The summed E-state index contributed by atoms with van der Waals surface area (Å²) in [5.41, 5.74) is 0.371. The first kappa shape index (κ1) is 15.1. The van der Waals surface area contributed by atoms with E-state index in [1.54, 1.807) is 6.92 Å². The van der Waals surface area contributed by atoms with Crippen molar-refractivity contribution in [1.29, 1.82) is 0 Å². The topological polar surface area (TPSA) is 20.3 Å². The molecule has 1 amide bonds. The molecule has 0 heterocycles. The van der Waals surface area contributed by atoms with Crippen LogP contribution in [0, 0.1) is 17.5 Å². The second-order valence-corrected chi connectivity index (χ2v) is 4.76. The summed E-state index contributed by atoms with van der Waals surface area (Å²) < 4.78 is 39.8. The van der Waals surface area contributed by atoms with Crippen molar-refractivity contribution in [3.63, 3.8) is 0 Å². The molecule has 0 aliphatic rings. The van der Waals surface area contributed by atoms with Gasteiger partial charge in [-0.05, 0) is 49.4 Å². The van der Waals surface area contributed by atoms with Crippen molar-refractivity contribution < 1.29 is 18.0 Å². The highest BCUT2D eigenvalue weighted by Gasteiger charge is 2.21. The average molecular weight is 293 g/mol. The zero-order valence-corrected chi connectivity index (χ0v) is 11.6. The lowest BCUT2D eigenvalue weighted by Gasteiger charge is -2.25. The van der Waals surface area contributed by atoms with E-state index in [1.165, 1.54) is 36.2 Å². The fraction of sp³-hybridized carbons (Fsp3) is 0.188. The molecule has 0 saturated carbocycles. The fourth-order valence-electron chi connectivity index (χ4n) is 2.02. The van der Waals surface area contributed by atoms with E-state index < -0.39 is 29.4 Å². The minimum absolute atomic E-state index is 0.0907. The van der Waals surface area contributed by atoms with Crippen LogP contribution in [0.15, 0.2) is 42.5 Å². The number of hydrogen-bond acceptors (Lipinski definition) is 1. The first-order chi connectivity index (χ1) is 9.90. The van der Waals surface area contributed by atoms with Gasteiger partial charge < -0.3 is 4.90 Å². The van der Waals surface area contributed by atoms with Gasteiger partial charge in [-0.1, -0.05) is 0 Å². The van der Waals surface area contributed by atoms with E-state index in [2.05, 4.69) is 0 Å². The molecule has 21 heavy (non-hydrogen) atoms. The number of rotatable bonds is 3. The first-order valence-electron chi connectivity index (χ1n) is 6.38. The Morgan fingerprint density at radius 1 is 1.00 bits per heavy atom. The molecule has 0 spiro atoms. The van der Waals surface area contributed by atoms with Crippen molar-refractivity contribution in [2.24, 2.45) is 0 Å². The number of halogens is 3. The summed E-state index contributed by atoms with van der Waals surface area (Å²) in [6, 6.07) is 7.51. The molecular formula is C16H14F3NO. The van der Waals surface area contributed by atoms with Gasteiger partial charge in [0.1, 0.15) is 17.5 Å². The largest absolute Gasteiger partial charge is 0.335 e. The molecule has 110 valence electrons. The van der Waals surface area contributed by atoms with Gasteiger partial charge in [0.15, 0.2) is 0 Å². The number of carbonyl (C=O) groups is 1. The van der Waals surface area contributed by atoms with Crippen LogP contribution in [-0.2, 0) is 0 Å². The van der Waals surface area contributed by atoms with Crippen LogP contribution >= 0.6 is 0 Å². The summed E-state index contributed by atoms with van der Waals surface area (Å²) in [7, 11) is 1.49. The van der Waals surface area contributed by atoms with E-state index in [-0.39, 0.29) is 11.1 Å². The highest BCUT2D eigenvalue weighted by Crippen LogP contribution is 2.24. The maximum atomic E-state index is 13.7. The molecule has 0 aromatic heterocycles. The molecule has 2 aromatic rings. The Kier molecular flexibility index (Phi) is 4.31. The molecule has 0 saturated heterocycles. The van der Waals surface area contributed by atoms with Gasteiger partial charge in [-0.25, -0.2) is 13.2 Å². The predicted molar refractivity (Wildman–Crippen MR) is 73.3 cm³/mol. The van der Waals surface area contributed by atoms with E-state index in [9.17, 15) is 18.0 Å². The molecule has 1 unspecified atom stereocenters. The fourth-order valence-corrected chi connectivity index (χ4v) is 2.02. The third kappa shape index (κ3) is 3.24. The molecule has 2 nitrogen and oxygen atoms in total. The van der Waals surface area contributed by atoms with Crippen LogP contribution in [0.3, 0.4) is 0 Å². The molecule has 0 fully saturated rings. The molecule has 2 aromatic carbocycles. The van der Waals surface area contributed by atoms with Gasteiger partial charge in [0.2, 0.25) is 0 Å². The summed E-state index contributed by atoms with van der Waals surface area (Å²) in [4.78, 5) is 13.5. The van der Waals surface area contributed by atoms with Gasteiger partial charge in [-0.2, -0.15) is 0 Å². The molecule has 5 heteroatoms. The van der Waals surface area contributed by atoms with Gasteiger partial charge in [-0.15, -0.1) is 0 Å². The number of hydrogen-bond donors (Lipinski definition) is 0. The molecule has 0 N–H and O–H groups in total. The Balaban J connectivity index is 2.26. The van der Waals surface area contributed by atoms with Gasteiger partial charge >= 0.3 is 0 Å². The normalized spacial score (nSPS) is 12.0. The molecule has 1 atom stereocenters. The Morgan fingerprint density at radius 2 is 1.57 bits per heavy atom. The summed E-state index contributed by atoms with van der Waals surface area (Å²) in [5, 5.41) is 0. The minimum Gasteiger partial charge on any atom is -0.335 e. The maximum absolute atomic E-state index is 13.7. The standard InChI is InChI=1S/C16H14F3NO/c1-10(14-9-13(18)7-8-15(14)19)20(2)16(21)11-3-5-12(17)6-4-11/h3-10H,1-2H3. The van der Waals surface area contributed by atoms with Crippen LogP contribution in [0.5, 0.6) is 0 Å². The van der Waals surface area contributed by atoms with Crippen molar-refractivity contribution in [3.8, 4) is 0 Å². The highest BCUT2D eigenvalue weighted by atomic mass is 19.1. The second-order valence-electron chi connectivity index (χ2n) is 4.76. The zero-order chi connectivity index (χ0) is 15.6. The number of amides is 1. The van der Waals surface area contributed by atoms with Crippen LogP contribution < -0.4 is 0 Å². The minimum atomic E-state index is -0.654. The van der Waals surface area contributed by atoms with Crippen LogP contribution in [0.1, 0.15) is 28.9 Å². The lowest BCUT2D eigenvalue weighted by Crippen LogP contribution is -2.30. The number of nitrogens with zero attached hydrogens (tertiary/aromatic N) is 1. The van der Waals surface area contributed by atoms with Gasteiger partial charge in [0, 0.05) is 18.2 Å². The first-order valence-corrected chi connectivity index (χ1v) is 6.38. The summed E-state index contributed by atoms with van der Waals surface area (Å²) in [6.07, 6.45) is 0. The quantitative estimate of drug-likeness (QED) is 0.839. The van der Waals surface area contributed by atoms with E-state index in [0.29, 0.717) is 0 Å². The molecular weight excluding hydrogens is 279 g/mol. The maximum Gasteiger partial charge on any atom is 0.254 e. The average Bonchev–Trinajstić information content (AvgIpc) is 2.48. The highest BCUT2D eigenvalue weighted by molar-refractivity contribution is 5.94. The molecule has 0 aliphatic heterocycles. The van der Waals surface area contributed by atoms with Gasteiger partial charge in [0.25, 0.3) is 5.91 Å². The van der Waals surface area contributed by atoms with Crippen LogP contribution in [0.4, 0.5) is 13.2 Å². The second kappa shape index (κ2) is 5.99. The lowest BCUT2D eigenvalue weighted by atomic mass is 10.1. The Hall–Kier alpha value is -2.30. The Labute approximate surface area is 120 Å². The molecule has 0 bridgehead atoms. The van der Waals surface area contributed by atoms with Crippen molar-refractivity contribution in [3.05, 3.63) is 71.0 Å². The van der Waals surface area contributed by atoms with Crippen molar-refractivity contribution in [2.45, 2.75) is 13.0 Å². The van der Waals surface area contributed by atoms with Gasteiger partial charge in [-0.3, -0.25) is 4.79 Å². The van der Waals surface area contributed by atoms with Crippen LogP contribution in [-0.4, -0.2) is 17.9 Å². The number of benzene rings is 2. The monoisotopic (exact) mass is 293 g/mol. The van der Waals surface area contributed by atoms with Crippen molar-refractivity contribution in [1.82, 2.24) is 4.90 Å². The molecule has 0 radical (unpaired) electrons.